The van der Waals surface area contributed by atoms with Crippen molar-refractivity contribution in [3.63, 3.8) is 0 Å². The van der Waals surface area contributed by atoms with Gasteiger partial charge in [0.25, 0.3) is 0 Å². The number of thioether (sulfide) groups is 1. The molecule has 0 aliphatic heterocycles. The van der Waals surface area contributed by atoms with Gasteiger partial charge in [-0.3, -0.25) is 4.79 Å². The molecular weight excluding hydrogens is 268 g/mol. The molecule has 2 rings (SSSR count). The Hall–Kier alpha value is -1.47. The molecule has 2 aromatic heterocycles. The van der Waals surface area contributed by atoms with Gasteiger partial charge in [0.1, 0.15) is 0 Å². The summed E-state index contributed by atoms with van der Waals surface area (Å²) in [5, 5.41) is 6.01. The Balaban J connectivity index is 1.72. The molecule has 18 heavy (non-hydrogen) atoms. The summed E-state index contributed by atoms with van der Waals surface area (Å²) >= 11 is 2.90. The van der Waals surface area contributed by atoms with Crippen LogP contribution in [0.4, 0.5) is 5.13 Å². The van der Waals surface area contributed by atoms with E-state index >= 15 is 0 Å². The molecule has 0 unspecified atom stereocenters. The fraction of sp³-hybridized carbons (Fsp3) is 0.273. The monoisotopic (exact) mass is 280 g/mol. The number of hydrogen-bond donors (Lipinski definition) is 1. The predicted molar refractivity (Wildman–Crippen MR) is 72.9 cm³/mol. The number of hydrogen-bond acceptors (Lipinski definition) is 6. The van der Waals surface area contributed by atoms with Crippen LogP contribution in [0.5, 0.6) is 0 Å². The zero-order valence-electron chi connectivity index (χ0n) is 9.79. The Kier molecular flexibility index (Phi) is 4.66. The fourth-order valence-electron chi connectivity index (χ4n) is 1.19. The molecule has 0 aliphatic carbocycles. The Labute approximate surface area is 113 Å². The van der Waals surface area contributed by atoms with Crippen LogP contribution in [0, 0.1) is 6.92 Å². The highest BCUT2D eigenvalue weighted by Crippen LogP contribution is 2.16. The maximum Gasteiger partial charge on any atom is 0.226 e. The minimum atomic E-state index is -0.0345. The number of nitrogens with zero attached hydrogens (tertiary/aromatic N) is 3. The van der Waals surface area contributed by atoms with Gasteiger partial charge in [0, 0.05) is 29.9 Å². The first-order chi connectivity index (χ1) is 8.74. The number of nitrogens with one attached hydrogen (secondary N) is 1. The predicted octanol–water partition coefficient (Wildman–Crippen LogP) is 2.36. The van der Waals surface area contributed by atoms with Crippen LogP contribution in [0.2, 0.25) is 0 Å². The first-order valence-electron chi connectivity index (χ1n) is 5.36. The van der Waals surface area contributed by atoms with Gasteiger partial charge >= 0.3 is 0 Å². The Morgan fingerprint density at radius 2 is 2.22 bits per heavy atom. The lowest BCUT2D eigenvalue weighted by Gasteiger charge is -2.01. The van der Waals surface area contributed by atoms with Gasteiger partial charge in [-0.05, 0) is 13.0 Å². The van der Waals surface area contributed by atoms with Gasteiger partial charge in [-0.25, -0.2) is 15.0 Å². The molecule has 0 atom stereocenters. The zero-order chi connectivity index (χ0) is 12.8. The highest BCUT2D eigenvalue weighted by atomic mass is 32.2. The van der Waals surface area contributed by atoms with Gasteiger partial charge < -0.3 is 5.32 Å². The molecule has 0 radical (unpaired) electrons. The molecule has 0 aromatic carbocycles. The number of amides is 1. The largest absolute Gasteiger partial charge is 0.302 e. The van der Waals surface area contributed by atoms with Gasteiger partial charge in [-0.2, -0.15) is 0 Å². The van der Waals surface area contributed by atoms with Crippen LogP contribution in [0.15, 0.2) is 29.0 Å². The lowest BCUT2D eigenvalue weighted by molar-refractivity contribution is -0.115. The van der Waals surface area contributed by atoms with Gasteiger partial charge in [-0.1, -0.05) is 11.8 Å². The van der Waals surface area contributed by atoms with E-state index in [2.05, 4.69) is 20.3 Å². The van der Waals surface area contributed by atoms with Crippen molar-refractivity contribution in [2.75, 3.05) is 11.1 Å². The Bertz CT molecular complexity index is 515. The van der Waals surface area contributed by atoms with Crippen molar-refractivity contribution < 1.29 is 4.79 Å². The lowest BCUT2D eigenvalue weighted by Crippen LogP contribution is -2.12. The topological polar surface area (TPSA) is 67.8 Å². The SMILES string of the molecule is Cc1csc(NC(=O)CCSc2ncccn2)n1. The molecule has 1 amide bonds. The molecule has 5 nitrogen and oxygen atoms in total. The van der Waals surface area contributed by atoms with E-state index in [0.29, 0.717) is 22.5 Å². The second-order valence-corrected chi connectivity index (χ2v) is 5.39. The van der Waals surface area contributed by atoms with Crippen molar-refractivity contribution in [1.29, 1.82) is 0 Å². The van der Waals surface area contributed by atoms with E-state index in [-0.39, 0.29) is 5.91 Å². The fourth-order valence-corrected chi connectivity index (χ4v) is 2.63. The van der Waals surface area contributed by atoms with Crippen LogP contribution in [-0.2, 0) is 4.79 Å². The summed E-state index contributed by atoms with van der Waals surface area (Å²) in [6.45, 7) is 1.90. The molecule has 7 heteroatoms. The number of thiazole rings is 1. The molecule has 94 valence electrons. The van der Waals surface area contributed by atoms with Gasteiger partial charge in [-0.15, -0.1) is 11.3 Å². The van der Waals surface area contributed by atoms with E-state index < -0.39 is 0 Å². The van der Waals surface area contributed by atoms with Crippen molar-refractivity contribution in [3.05, 3.63) is 29.5 Å². The van der Waals surface area contributed by atoms with Crippen molar-refractivity contribution in [3.8, 4) is 0 Å². The molecule has 0 fully saturated rings. The van der Waals surface area contributed by atoms with Crippen molar-refractivity contribution in [2.24, 2.45) is 0 Å². The van der Waals surface area contributed by atoms with Gasteiger partial charge in [0.05, 0.1) is 5.69 Å². The Morgan fingerprint density at radius 1 is 1.44 bits per heavy atom. The number of aromatic nitrogens is 3. The summed E-state index contributed by atoms with van der Waals surface area (Å²) in [6.07, 6.45) is 3.79. The third-order valence-corrected chi connectivity index (χ3v) is 3.72. The minimum Gasteiger partial charge on any atom is -0.302 e. The van der Waals surface area contributed by atoms with Crippen molar-refractivity contribution in [1.82, 2.24) is 15.0 Å². The molecule has 2 aromatic rings. The van der Waals surface area contributed by atoms with Crippen LogP contribution in [0.1, 0.15) is 12.1 Å². The maximum atomic E-state index is 11.6. The summed E-state index contributed by atoms with van der Waals surface area (Å²) in [5.74, 6) is 0.619. The van der Waals surface area contributed by atoms with E-state index in [1.807, 2.05) is 12.3 Å². The third-order valence-electron chi connectivity index (χ3n) is 1.97. The highest BCUT2D eigenvalue weighted by molar-refractivity contribution is 7.99. The minimum absolute atomic E-state index is 0.0345. The lowest BCUT2D eigenvalue weighted by atomic mass is 10.4. The molecule has 0 aliphatic rings. The van der Waals surface area contributed by atoms with Crippen LogP contribution in [0.25, 0.3) is 0 Å². The smallest absolute Gasteiger partial charge is 0.226 e. The van der Waals surface area contributed by atoms with Crippen molar-refractivity contribution >= 4 is 34.1 Å². The van der Waals surface area contributed by atoms with Crippen LogP contribution in [-0.4, -0.2) is 26.6 Å². The average molecular weight is 280 g/mol. The van der Waals surface area contributed by atoms with Gasteiger partial charge in [0.15, 0.2) is 10.3 Å². The summed E-state index contributed by atoms with van der Waals surface area (Å²) in [5.41, 5.74) is 0.919. The van der Waals surface area contributed by atoms with Crippen molar-refractivity contribution in [2.45, 2.75) is 18.5 Å². The molecule has 0 spiro atoms. The third kappa shape index (κ3) is 4.08. The second kappa shape index (κ2) is 6.46. The molecular formula is C11H12N4OS2. The number of anilines is 1. The van der Waals surface area contributed by atoms with Crippen LogP contribution in [0.3, 0.4) is 0 Å². The highest BCUT2D eigenvalue weighted by Gasteiger charge is 2.06. The molecule has 1 N–H and O–H groups in total. The van der Waals surface area contributed by atoms with E-state index in [0.717, 1.165) is 5.69 Å². The quantitative estimate of drug-likeness (QED) is 0.672. The number of rotatable bonds is 5. The standard InChI is InChI=1S/C11H12N4OS2/c1-8-7-18-11(14-8)15-9(16)3-6-17-10-12-4-2-5-13-10/h2,4-5,7H,3,6H2,1H3,(H,14,15,16). The molecule has 0 bridgehead atoms. The number of aryl methyl sites for hydroxylation is 1. The number of carbonyl (C=O) groups excluding carboxylic acids is 1. The first-order valence-corrected chi connectivity index (χ1v) is 7.22. The summed E-state index contributed by atoms with van der Waals surface area (Å²) in [7, 11) is 0. The van der Waals surface area contributed by atoms with E-state index in [9.17, 15) is 4.79 Å². The summed E-state index contributed by atoms with van der Waals surface area (Å²) in [4.78, 5) is 23.9. The average Bonchev–Trinajstić information content (AvgIpc) is 2.76. The summed E-state index contributed by atoms with van der Waals surface area (Å²) < 4.78 is 0. The zero-order valence-corrected chi connectivity index (χ0v) is 11.4. The van der Waals surface area contributed by atoms with E-state index in [1.54, 1.807) is 18.5 Å². The van der Waals surface area contributed by atoms with Crippen LogP contribution < -0.4 is 5.32 Å². The molecule has 2 heterocycles. The second-order valence-electron chi connectivity index (χ2n) is 3.47. The molecule has 0 saturated carbocycles. The van der Waals surface area contributed by atoms with E-state index in [4.69, 9.17) is 0 Å². The van der Waals surface area contributed by atoms with Crippen LogP contribution >= 0.6 is 23.1 Å². The Morgan fingerprint density at radius 3 is 2.89 bits per heavy atom. The summed E-state index contributed by atoms with van der Waals surface area (Å²) in [6, 6.07) is 1.77. The normalized spacial score (nSPS) is 10.3. The van der Waals surface area contributed by atoms with Gasteiger partial charge in [0.2, 0.25) is 5.91 Å². The first kappa shape index (κ1) is 13.0. The maximum absolute atomic E-state index is 11.6. The molecule has 0 saturated heterocycles. The number of carbonyl (C=O) groups is 1. The van der Waals surface area contributed by atoms with E-state index in [1.165, 1.54) is 23.1 Å².